The Kier molecular flexibility index (Phi) is 5.16. The van der Waals surface area contributed by atoms with Crippen LogP contribution in [-0.2, 0) is 30.0 Å². The van der Waals surface area contributed by atoms with Gasteiger partial charge >= 0.3 is 81.7 Å². The third kappa shape index (κ3) is 4.13. The summed E-state index contributed by atoms with van der Waals surface area (Å²) in [7, 11) is 5.03. The number of hydrogen-bond acceptors (Lipinski definition) is 3. The molecule has 3 nitrogen and oxygen atoms in total. The third-order valence-corrected chi connectivity index (χ3v) is 9.94. The van der Waals surface area contributed by atoms with Crippen LogP contribution in [0.2, 0.25) is 4.13 Å². The van der Waals surface area contributed by atoms with Gasteiger partial charge in [0, 0.05) is 0 Å². The molecule has 0 bridgehead atoms. The Balaban J connectivity index is 4.30. The molecule has 0 N–H and O–H groups in total. The summed E-state index contributed by atoms with van der Waals surface area (Å²) in [4.78, 5) is 0. The molecule has 4 heteroatoms. The van der Waals surface area contributed by atoms with Gasteiger partial charge in [-0.25, -0.2) is 0 Å². The van der Waals surface area contributed by atoms with Crippen molar-refractivity contribution in [3.8, 4) is 0 Å². The van der Waals surface area contributed by atoms with E-state index in [1.807, 2.05) is 0 Å². The molecule has 0 aromatic heterocycles. The average Bonchev–Trinajstić information content (AvgIpc) is 1.99. The molecule has 0 fully saturated rings. The van der Waals surface area contributed by atoms with Crippen LogP contribution in [0.5, 0.6) is 0 Å². The molecule has 74 valence electrons. The van der Waals surface area contributed by atoms with E-state index in [1.54, 1.807) is 21.3 Å². The topological polar surface area (TPSA) is 27.7 Å². The van der Waals surface area contributed by atoms with Crippen LogP contribution in [0, 0.1) is 5.41 Å². The fraction of sp³-hybridized carbons (Fsp3) is 1.00. The molecule has 0 saturated carbocycles. The molecule has 0 spiro atoms. The van der Waals surface area contributed by atoms with E-state index in [2.05, 4.69) is 20.8 Å². The molecule has 0 radical (unpaired) electrons. The van der Waals surface area contributed by atoms with Crippen LogP contribution in [0.3, 0.4) is 0 Å². The van der Waals surface area contributed by atoms with Crippen molar-refractivity contribution in [1.82, 2.24) is 0 Å². The summed E-state index contributed by atoms with van der Waals surface area (Å²) in [5.74, 6) is 0. The Bertz CT molecular complexity index is 118. The first kappa shape index (κ1) is 12.8. The van der Waals surface area contributed by atoms with Crippen LogP contribution in [0.25, 0.3) is 0 Å². The van der Waals surface area contributed by atoms with E-state index in [9.17, 15) is 0 Å². The fourth-order valence-corrected chi connectivity index (χ4v) is 6.60. The van der Waals surface area contributed by atoms with Crippen LogP contribution in [0.1, 0.15) is 20.8 Å². The van der Waals surface area contributed by atoms with E-state index in [-0.39, 0.29) is 5.41 Å². The SMILES string of the molecule is C[O][Zr]([CH2]C(C)(C)C)([O]C)[O]C. The zero-order valence-electron chi connectivity index (χ0n) is 8.93. The van der Waals surface area contributed by atoms with Gasteiger partial charge in [0.15, 0.2) is 0 Å². The zero-order valence-corrected chi connectivity index (χ0v) is 11.4. The van der Waals surface area contributed by atoms with Crippen molar-refractivity contribution in [3.05, 3.63) is 0 Å². The van der Waals surface area contributed by atoms with Crippen molar-refractivity contribution in [3.63, 3.8) is 0 Å². The third-order valence-electron chi connectivity index (χ3n) is 1.68. The van der Waals surface area contributed by atoms with Crippen molar-refractivity contribution in [2.75, 3.05) is 21.3 Å². The van der Waals surface area contributed by atoms with E-state index in [4.69, 9.17) is 8.44 Å². The van der Waals surface area contributed by atoms with Crippen molar-refractivity contribution < 1.29 is 30.0 Å². The van der Waals surface area contributed by atoms with Crippen molar-refractivity contribution in [2.24, 2.45) is 5.41 Å². The molecule has 0 atom stereocenters. The summed E-state index contributed by atoms with van der Waals surface area (Å²) in [5.41, 5.74) is 0.206. The number of hydrogen-bond donors (Lipinski definition) is 0. The molecule has 0 aromatic rings. The quantitative estimate of drug-likeness (QED) is 0.771. The summed E-state index contributed by atoms with van der Waals surface area (Å²) in [6.07, 6.45) is 0. The Morgan fingerprint density at radius 3 is 1.33 bits per heavy atom. The molecule has 0 amide bonds. The molecule has 0 aliphatic rings. The van der Waals surface area contributed by atoms with Crippen LogP contribution >= 0.6 is 0 Å². The molecule has 0 aliphatic carbocycles. The minimum absolute atomic E-state index is 0.206. The molecule has 0 rings (SSSR count). The van der Waals surface area contributed by atoms with Gasteiger partial charge in [-0.3, -0.25) is 0 Å². The van der Waals surface area contributed by atoms with Crippen LogP contribution in [0.4, 0.5) is 0 Å². The van der Waals surface area contributed by atoms with Gasteiger partial charge in [-0.1, -0.05) is 0 Å². The maximum atomic E-state index is 5.38. The van der Waals surface area contributed by atoms with Gasteiger partial charge in [0.25, 0.3) is 0 Å². The Labute approximate surface area is 81.7 Å². The normalized spacial score (nSPS) is 13.5. The first-order valence-electron chi connectivity index (χ1n) is 4.04. The predicted molar refractivity (Wildman–Crippen MR) is 45.3 cm³/mol. The van der Waals surface area contributed by atoms with Gasteiger partial charge in [-0.15, -0.1) is 0 Å². The summed E-state index contributed by atoms with van der Waals surface area (Å²) >= 11 is -3.10. The van der Waals surface area contributed by atoms with Crippen molar-refractivity contribution in [2.45, 2.75) is 24.9 Å². The summed E-state index contributed by atoms with van der Waals surface area (Å²) in [6, 6.07) is 0. The second-order valence-electron chi connectivity index (χ2n) is 4.03. The first-order valence-corrected chi connectivity index (χ1v) is 8.79. The fourth-order valence-electron chi connectivity index (χ4n) is 1.12. The summed E-state index contributed by atoms with van der Waals surface area (Å²) in [5, 5.41) is 0. The molecule has 12 heavy (non-hydrogen) atoms. The van der Waals surface area contributed by atoms with Crippen LogP contribution in [0.15, 0.2) is 0 Å². The minimum atomic E-state index is -3.10. The van der Waals surface area contributed by atoms with E-state index in [1.165, 1.54) is 0 Å². The molecular weight excluding hydrogens is 235 g/mol. The van der Waals surface area contributed by atoms with Gasteiger partial charge in [0.1, 0.15) is 0 Å². The Hall–Kier alpha value is 0.763. The van der Waals surface area contributed by atoms with Crippen LogP contribution < -0.4 is 0 Å². The van der Waals surface area contributed by atoms with Crippen molar-refractivity contribution >= 4 is 0 Å². The average molecular weight is 255 g/mol. The molecular formula is C8H20O3Zr. The Morgan fingerprint density at radius 1 is 0.917 bits per heavy atom. The van der Waals surface area contributed by atoms with Gasteiger partial charge in [0.05, 0.1) is 0 Å². The summed E-state index contributed by atoms with van der Waals surface area (Å²) < 4.78 is 17.0. The molecule has 0 aliphatic heterocycles. The van der Waals surface area contributed by atoms with Gasteiger partial charge < -0.3 is 0 Å². The maximum absolute atomic E-state index is 5.38. The van der Waals surface area contributed by atoms with Gasteiger partial charge in [0.2, 0.25) is 0 Å². The summed E-state index contributed by atoms with van der Waals surface area (Å²) in [6.45, 7) is 6.49. The standard InChI is InChI=1S/C5H11.3CH3O.Zr/c1-5(2,3)4;3*1-2;/h1H2,2-4H3;3*1H3;/q;3*-1;+3. The van der Waals surface area contributed by atoms with Crippen molar-refractivity contribution in [1.29, 1.82) is 0 Å². The zero-order chi connectivity index (χ0) is 9.83. The molecule has 0 saturated heterocycles. The second kappa shape index (κ2) is 4.85. The Morgan fingerprint density at radius 2 is 1.25 bits per heavy atom. The molecule has 0 heterocycles. The van der Waals surface area contributed by atoms with Gasteiger partial charge in [-0.2, -0.15) is 0 Å². The number of rotatable bonds is 4. The molecule has 0 unspecified atom stereocenters. The molecule has 0 aromatic carbocycles. The van der Waals surface area contributed by atoms with Crippen LogP contribution in [-0.4, -0.2) is 21.3 Å². The van der Waals surface area contributed by atoms with E-state index < -0.39 is 21.6 Å². The monoisotopic (exact) mass is 254 g/mol. The van der Waals surface area contributed by atoms with E-state index in [0.717, 1.165) is 4.13 Å². The van der Waals surface area contributed by atoms with E-state index in [0.29, 0.717) is 0 Å². The van der Waals surface area contributed by atoms with E-state index >= 15 is 0 Å². The first-order chi connectivity index (χ1) is 5.39. The predicted octanol–water partition coefficient (Wildman–Crippen LogP) is 2.29. The second-order valence-corrected chi connectivity index (χ2v) is 11.3. The van der Waals surface area contributed by atoms with Gasteiger partial charge in [-0.05, 0) is 0 Å².